The van der Waals surface area contributed by atoms with E-state index in [4.69, 9.17) is 9.15 Å². The first kappa shape index (κ1) is 18.0. The van der Waals surface area contributed by atoms with Crippen molar-refractivity contribution in [3.63, 3.8) is 0 Å². The number of nitrogens with zero attached hydrogens (tertiary/aromatic N) is 3. The molecule has 0 aliphatic carbocycles. The highest BCUT2D eigenvalue weighted by Gasteiger charge is 2.12. The molecule has 0 radical (unpaired) electrons. The van der Waals surface area contributed by atoms with Crippen molar-refractivity contribution >= 4 is 28.5 Å². The highest BCUT2D eigenvalue weighted by Crippen LogP contribution is 2.28. The summed E-state index contributed by atoms with van der Waals surface area (Å²) in [5.74, 6) is 1.51. The summed E-state index contributed by atoms with van der Waals surface area (Å²) in [7, 11) is 1.65. The minimum atomic E-state index is 0.518. The van der Waals surface area contributed by atoms with Gasteiger partial charge in [0.05, 0.1) is 19.9 Å². The van der Waals surface area contributed by atoms with Gasteiger partial charge in [-0.3, -0.25) is 4.99 Å². The summed E-state index contributed by atoms with van der Waals surface area (Å²) in [6.07, 6.45) is 3.53. The van der Waals surface area contributed by atoms with Gasteiger partial charge in [-0.25, -0.2) is 4.68 Å². The quantitative estimate of drug-likeness (QED) is 0.346. The van der Waals surface area contributed by atoms with Gasteiger partial charge in [0, 0.05) is 16.3 Å². The van der Waals surface area contributed by atoms with Crippen LogP contribution in [0.5, 0.6) is 5.75 Å². The van der Waals surface area contributed by atoms with Crippen molar-refractivity contribution in [2.45, 2.75) is 0 Å². The minimum Gasteiger partial charge on any atom is -0.496 e. The van der Waals surface area contributed by atoms with E-state index >= 15 is 0 Å². The predicted molar refractivity (Wildman–Crippen MR) is 114 cm³/mol. The second-order valence-corrected chi connectivity index (χ2v) is 6.82. The van der Waals surface area contributed by atoms with Gasteiger partial charge in [-0.05, 0) is 24.3 Å². The number of benzene rings is 2. The standard InChI is InChI=1S/C22H19N3O2S/c1-3-12-23-22-25(24-14-17-9-5-6-10-19(17)26-2)18(15-28-22)21-13-16-8-4-7-11-20(16)27-21/h3-11,13-15H,1,12H2,2H3. The summed E-state index contributed by atoms with van der Waals surface area (Å²) in [6.45, 7) is 4.26. The summed E-state index contributed by atoms with van der Waals surface area (Å²) >= 11 is 1.51. The molecule has 0 saturated heterocycles. The first-order chi connectivity index (χ1) is 13.8. The lowest BCUT2D eigenvalue weighted by molar-refractivity contribution is 0.414. The fourth-order valence-corrected chi connectivity index (χ4v) is 3.66. The van der Waals surface area contributed by atoms with Crippen molar-refractivity contribution in [2.75, 3.05) is 13.7 Å². The van der Waals surface area contributed by atoms with Crippen LogP contribution in [0, 0.1) is 0 Å². The Morgan fingerprint density at radius 1 is 1.18 bits per heavy atom. The number of hydrogen-bond donors (Lipinski definition) is 0. The first-order valence-electron chi connectivity index (χ1n) is 8.78. The third kappa shape index (κ3) is 3.54. The molecule has 2 aromatic carbocycles. The summed E-state index contributed by atoms with van der Waals surface area (Å²) in [6, 6.07) is 17.7. The molecule has 4 rings (SSSR count). The maximum Gasteiger partial charge on any atom is 0.206 e. The number of rotatable bonds is 6. The monoisotopic (exact) mass is 389 g/mol. The van der Waals surface area contributed by atoms with Crippen LogP contribution in [0.25, 0.3) is 22.4 Å². The molecule has 0 aliphatic rings. The van der Waals surface area contributed by atoms with Crippen LogP contribution in [-0.2, 0) is 0 Å². The molecule has 6 heteroatoms. The summed E-state index contributed by atoms with van der Waals surface area (Å²) in [5, 5.41) is 7.73. The minimum absolute atomic E-state index is 0.518. The van der Waals surface area contributed by atoms with Crippen molar-refractivity contribution < 1.29 is 9.15 Å². The molecule has 0 spiro atoms. The van der Waals surface area contributed by atoms with Crippen molar-refractivity contribution in [2.24, 2.45) is 10.1 Å². The lowest BCUT2D eigenvalue weighted by Crippen LogP contribution is -2.12. The number of ether oxygens (including phenoxy) is 1. The van der Waals surface area contributed by atoms with Gasteiger partial charge in [0.2, 0.25) is 4.80 Å². The van der Waals surface area contributed by atoms with E-state index in [1.165, 1.54) is 11.3 Å². The lowest BCUT2D eigenvalue weighted by atomic mass is 10.2. The molecule has 0 saturated carbocycles. The topological polar surface area (TPSA) is 52.0 Å². The molecule has 0 atom stereocenters. The van der Waals surface area contributed by atoms with Crippen molar-refractivity contribution in [3.05, 3.63) is 83.0 Å². The van der Waals surface area contributed by atoms with E-state index in [1.807, 2.05) is 60.0 Å². The van der Waals surface area contributed by atoms with Crippen LogP contribution < -0.4 is 9.54 Å². The van der Waals surface area contributed by atoms with E-state index in [9.17, 15) is 0 Å². The average molecular weight is 389 g/mol. The Morgan fingerprint density at radius 3 is 2.82 bits per heavy atom. The van der Waals surface area contributed by atoms with Crippen LogP contribution in [0.3, 0.4) is 0 Å². The normalized spacial score (nSPS) is 12.1. The number of methoxy groups -OCH3 is 1. The summed E-state index contributed by atoms with van der Waals surface area (Å²) < 4.78 is 13.2. The maximum absolute atomic E-state index is 6.03. The number of aromatic nitrogens is 1. The number of para-hydroxylation sites is 2. The van der Waals surface area contributed by atoms with Crippen molar-refractivity contribution in [1.82, 2.24) is 4.68 Å². The van der Waals surface area contributed by atoms with E-state index in [0.29, 0.717) is 6.54 Å². The third-order valence-electron chi connectivity index (χ3n) is 4.17. The Balaban J connectivity index is 1.83. The predicted octanol–water partition coefficient (Wildman–Crippen LogP) is 4.94. The summed E-state index contributed by atoms with van der Waals surface area (Å²) in [5.41, 5.74) is 2.57. The first-order valence-corrected chi connectivity index (χ1v) is 9.66. The Hall–Kier alpha value is -3.38. The zero-order valence-corrected chi connectivity index (χ0v) is 16.2. The smallest absolute Gasteiger partial charge is 0.206 e. The van der Waals surface area contributed by atoms with E-state index in [-0.39, 0.29) is 0 Å². The van der Waals surface area contributed by atoms with Crippen molar-refractivity contribution in [1.29, 1.82) is 0 Å². The molecule has 140 valence electrons. The Morgan fingerprint density at radius 2 is 2.00 bits per heavy atom. The SMILES string of the molecule is C=CCN=c1scc(-c2cc3ccccc3o2)n1N=Cc1ccccc1OC. The molecule has 0 fully saturated rings. The number of furan rings is 1. The van der Waals surface area contributed by atoms with E-state index in [0.717, 1.165) is 38.5 Å². The molecule has 28 heavy (non-hydrogen) atoms. The fraction of sp³-hybridized carbons (Fsp3) is 0.0909. The molecule has 5 nitrogen and oxygen atoms in total. The Bertz CT molecular complexity index is 1180. The van der Waals surface area contributed by atoms with Crippen LogP contribution >= 0.6 is 11.3 Å². The Kier molecular flexibility index (Phi) is 5.21. The van der Waals surface area contributed by atoms with E-state index < -0.39 is 0 Å². The van der Waals surface area contributed by atoms with Crippen LogP contribution in [0.4, 0.5) is 0 Å². The molecule has 0 N–H and O–H groups in total. The van der Waals surface area contributed by atoms with Crippen LogP contribution in [0.1, 0.15) is 5.56 Å². The third-order valence-corrected chi connectivity index (χ3v) is 5.02. The van der Waals surface area contributed by atoms with E-state index in [1.54, 1.807) is 24.1 Å². The Labute approximate surface area is 166 Å². The molecular weight excluding hydrogens is 370 g/mol. The average Bonchev–Trinajstić information content (AvgIpc) is 3.34. The van der Waals surface area contributed by atoms with Gasteiger partial charge in [0.15, 0.2) is 5.76 Å². The molecule has 0 amide bonds. The molecule has 2 aromatic heterocycles. The molecule has 2 heterocycles. The highest BCUT2D eigenvalue weighted by molar-refractivity contribution is 7.07. The van der Waals surface area contributed by atoms with Crippen LogP contribution in [-0.4, -0.2) is 24.5 Å². The van der Waals surface area contributed by atoms with Crippen molar-refractivity contribution in [3.8, 4) is 17.2 Å². The number of thiazole rings is 1. The molecular formula is C22H19N3O2S. The van der Waals surface area contributed by atoms with Crippen LogP contribution in [0.15, 0.2) is 87.1 Å². The maximum atomic E-state index is 6.03. The highest BCUT2D eigenvalue weighted by atomic mass is 32.1. The van der Waals surface area contributed by atoms with E-state index in [2.05, 4.69) is 16.7 Å². The van der Waals surface area contributed by atoms with Gasteiger partial charge >= 0.3 is 0 Å². The van der Waals surface area contributed by atoms with Gasteiger partial charge < -0.3 is 9.15 Å². The van der Waals surface area contributed by atoms with Gasteiger partial charge in [0.1, 0.15) is 17.0 Å². The zero-order chi connectivity index (χ0) is 19.3. The summed E-state index contributed by atoms with van der Waals surface area (Å²) in [4.78, 5) is 5.32. The second kappa shape index (κ2) is 8.10. The molecule has 0 unspecified atom stereocenters. The zero-order valence-electron chi connectivity index (χ0n) is 15.4. The van der Waals surface area contributed by atoms with Gasteiger partial charge in [-0.15, -0.1) is 17.9 Å². The van der Waals surface area contributed by atoms with Gasteiger partial charge in [0.25, 0.3) is 0 Å². The lowest BCUT2D eigenvalue weighted by Gasteiger charge is -2.04. The fourth-order valence-electron chi connectivity index (χ4n) is 2.83. The number of hydrogen-bond acceptors (Lipinski definition) is 5. The van der Waals surface area contributed by atoms with Gasteiger partial charge in [-0.2, -0.15) is 5.10 Å². The molecule has 0 bridgehead atoms. The number of fused-ring (bicyclic) bond motifs is 1. The van der Waals surface area contributed by atoms with Crippen LogP contribution in [0.2, 0.25) is 0 Å². The molecule has 4 aromatic rings. The second-order valence-electron chi connectivity index (χ2n) is 5.98. The molecule has 0 aliphatic heterocycles. The van der Waals surface area contributed by atoms with Gasteiger partial charge in [-0.1, -0.05) is 36.4 Å². The largest absolute Gasteiger partial charge is 0.496 e.